The first kappa shape index (κ1) is 14.7. The van der Waals surface area contributed by atoms with Gasteiger partial charge < -0.3 is 9.77 Å². The Balaban J connectivity index is 0.000000399. The number of carbonyl (C=O) groups excluding carboxylic acids is 1. The summed E-state index contributed by atoms with van der Waals surface area (Å²) in [4.78, 5) is 24.0. The smallest absolute Gasteiger partial charge is 0.291 e. The number of rotatable bonds is 3. The molecule has 2 rings (SSSR count). The van der Waals surface area contributed by atoms with Crippen LogP contribution < -0.4 is 0 Å². The summed E-state index contributed by atoms with van der Waals surface area (Å²) in [7, 11) is 0. The molecule has 19 heavy (non-hydrogen) atoms. The van der Waals surface area contributed by atoms with E-state index < -0.39 is 5.09 Å². The number of hydrogen-bond acceptors (Lipinski definition) is 4. The molecule has 1 heterocycles. The van der Waals surface area contributed by atoms with Crippen molar-refractivity contribution >= 4 is 17.4 Å². The van der Waals surface area contributed by atoms with E-state index in [9.17, 15) is 4.79 Å². The predicted molar refractivity (Wildman–Crippen MR) is 66.8 cm³/mol. The largest absolute Gasteiger partial charge is 0.330 e. The summed E-state index contributed by atoms with van der Waals surface area (Å²) in [6.45, 7) is 0.268. The Bertz CT molecular complexity index is 553. The molecular formula is C11H10ClN3O4. The number of benzene rings is 1. The van der Waals surface area contributed by atoms with Gasteiger partial charge in [0, 0.05) is 18.0 Å². The zero-order chi connectivity index (χ0) is 14.3. The minimum atomic E-state index is -1.50. The van der Waals surface area contributed by atoms with Gasteiger partial charge in [0.15, 0.2) is 5.78 Å². The van der Waals surface area contributed by atoms with E-state index in [0.717, 1.165) is 0 Å². The lowest BCUT2D eigenvalue weighted by molar-refractivity contribution is -0.742. The minimum Gasteiger partial charge on any atom is -0.330 e. The first-order valence-electron chi connectivity index (χ1n) is 5.07. The van der Waals surface area contributed by atoms with Gasteiger partial charge in [0.1, 0.15) is 0 Å². The summed E-state index contributed by atoms with van der Waals surface area (Å²) >= 11 is 5.91. The Morgan fingerprint density at radius 2 is 2.11 bits per heavy atom. The average Bonchev–Trinajstić information content (AvgIpc) is 2.81. The van der Waals surface area contributed by atoms with Crippen LogP contribution in [0, 0.1) is 10.1 Å². The van der Waals surface area contributed by atoms with Gasteiger partial charge in [-0.3, -0.25) is 4.79 Å². The molecule has 1 aromatic carbocycles. The van der Waals surface area contributed by atoms with Gasteiger partial charge >= 0.3 is 0 Å². The molecule has 0 radical (unpaired) electrons. The van der Waals surface area contributed by atoms with E-state index in [1.807, 2.05) is 0 Å². The van der Waals surface area contributed by atoms with Gasteiger partial charge in [-0.05, 0) is 12.1 Å². The number of Topliss-reactive ketones (excluding diaryl/α,β-unsaturated/α-hetero) is 1. The Morgan fingerprint density at radius 1 is 1.47 bits per heavy atom. The van der Waals surface area contributed by atoms with Crippen molar-refractivity contribution in [2.45, 2.75) is 6.54 Å². The second-order valence-corrected chi connectivity index (χ2v) is 3.78. The van der Waals surface area contributed by atoms with Crippen molar-refractivity contribution in [2.24, 2.45) is 0 Å². The fourth-order valence-electron chi connectivity index (χ4n) is 1.32. The maximum Gasteiger partial charge on any atom is 0.291 e. The Labute approximate surface area is 113 Å². The molecule has 7 nitrogen and oxygen atoms in total. The highest BCUT2D eigenvalue weighted by Crippen LogP contribution is 2.15. The van der Waals surface area contributed by atoms with Crippen LogP contribution in [0.5, 0.6) is 0 Å². The molecule has 100 valence electrons. The molecule has 2 aromatic rings. The molecule has 0 atom stereocenters. The van der Waals surface area contributed by atoms with Gasteiger partial charge in [-0.2, -0.15) is 0 Å². The van der Waals surface area contributed by atoms with Crippen LogP contribution in [0.4, 0.5) is 0 Å². The van der Waals surface area contributed by atoms with Crippen LogP contribution in [0.25, 0.3) is 0 Å². The zero-order valence-corrected chi connectivity index (χ0v) is 10.4. The topological polar surface area (TPSA) is 98.3 Å². The van der Waals surface area contributed by atoms with Crippen LogP contribution in [0.15, 0.2) is 43.0 Å². The number of imidazole rings is 1. The average molecular weight is 284 g/mol. The zero-order valence-electron chi connectivity index (χ0n) is 9.64. The molecule has 0 amide bonds. The molecule has 0 aliphatic heterocycles. The Kier molecular flexibility index (Phi) is 5.49. The molecule has 8 heteroatoms. The van der Waals surface area contributed by atoms with Crippen molar-refractivity contribution in [1.29, 1.82) is 0 Å². The van der Waals surface area contributed by atoms with Crippen LogP contribution in [0.1, 0.15) is 10.4 Å². The molecule has 0 saturated carbocycles. The second kappa shape index (κ2) is 7.12. The van der Waals surface area contributed by atoms with Crippen LogP contribution in [0.2, 0.25) is 5.02 Å². The predicted octanol–water partition coefficient (Wildman–Crippen LogP) is 2.07. The summed E-state index contributed by atoms with van der Waals surface area (Å²) < 4.78 is 1.71. The monoisotopic (exact) mass is 283 g/mol. The van der Waals surface area contributed by atoms with Gasteiger partial charge in [-0.15, -0.1) is 10.1 Å². The minimum absolute atomic E-state index is 0.0152. The Morgan fingerprint density at radius 3 is 2.63 bits per heavy atom. The number of nitrogens with zero attached hydrogens (tertiary/aromatic N) is 3. The summed E-state index contributed by atoms with van der Waals surface area (Å²) in [5.41, 5.74) is 0.549. The van der Waals surface area contributed by atoms with Crippen LogP contribution in [0.3, 0.4) is 0 Å². The third kappa shape index (κ3) is 5.17. The third-order valence-electron chi connectivity index (χ3n) is 2.06. The quantitative estimate of drug-likeness (QED) is 0.528. The van der Waals surface area contributed by atoms with Crippen molar-refractivity contribution in [1.82, 2.24) is 9.55 Å². The Hall–Kier alpha value is -2.41. The van der Waals surface area contributed by atoms with Crippen molar-refractivity contribution in [3.8, 4) is 0 Å². The molecule has 0 aliphatic carbocycles. The summed E-state index contributed by atoms with van der Waals surface area (Å²) in [5.74, 6) is -0.0152. The molecule has 0 saturated heterocycles. The van der Waals surface area contributed by atoms with Crippen LogP contribution >= 0.6 is 11.6 Å². The summed E-state index contributed by atoms with van der Waals surface area (Å²) in [6, 6.07) is 7.04. The molecular weight excluding hydrogens is 274 g/mol. The molecule has 0 bridgehead atoms. The van der Waals surface area contributed by atoms with Crippen molar-refractivity contribution in [2.75, 3.05) is 0 Å². The molecule has 0 unspecified atom stereocenters. The highest BCUT2D eigenvalue weighted by atomic mass is 35.5. The fourth-order valence-corrected chi connectivity index (χ4v) is 1.56. The summed E-state index contributed by atoms with van der Waals surface area (Å²) in [5, 5.41) is 14.1. The first-order chi connectivity index (χ1) is 9.00. The van der Waals surface area contributed by atoms with E-state index in [4.69, 9.17) is 26.9 Å². The van der Waals surface area contributed by atoms with Crippen molar-refractivity contribution < 1.29 is 15.1 Å². The highest BCUT2D eigenvalue weighted by molar-refractivity contribution is 6.33. The molecule has 0 spiro atoms. The molecule has 1 aromatic heterocycles. The van der Waals surface area contributed by atoms with E-state index in [0.29, 0.717) is 10.6 Å². The maximum atomic E-state index is 11.8. The third-order valence-corrected chi connectivity index (χ3v) is 2.39. The van der Waals surface area contributed by atoms with E-state index >= 15 is 0 Å². The second-order valence-electron chi connectivity index (χ2n) is 3.38. The molecule has 0 aliphatic rings. The lowest BCUT2D eigenvalue weighted by atomic mass is 10.1. The fraction of sp³-hybridized carbons (Fsp3) is 0.0909. The van der Waals surface area contributed by atoms with Crippen LogP contribution in [-0.4, -0.2) is 25.6 Å². The lowest BCUT2D eigenvalue weighted by Gasteiger charge is -2.03. The van der Waals surface area contributed by atoms with Gasteiger partial charge in [0.2, 0.25) is 0 Å². The van der Waals surface area contributed by atoms with Crippen molar-refractivity contribution in [3.63, 3.8) is 0 Å². The summed E-state index contributed by atoms with van der Waals surface area (Å²) in [6.07, 6.45) is 4.99. The van der Waals surface area contributed by atoms with Crippen molar-refractivity contribution in [3.05, 3.63) is 63.7 Å². The van der Waals surface area contributed by atoms with Gasteiger partial charge in [-0.25, -0.2) is 4.98 Å². The lowest BCUT2D eigenvalue weighted by Crippen LogP contribution is -2.09. The molecule has 1 N–H and O–H groups in total. The number of hydrogen-bond donors (Lipinski definition) is 1. The number of carbonyl (C=O) groups is 1. The van der Waals surface area contributed by atoms with Crippen LogP contribution in [-0.2, 0) is 6.54 Å². The van der Waals surface area contributed by atoms with Gasteiger partial charge in [0.25, 0.3) is 5.09 Å². The highest BCUT2D eigenvalue weighted by Gasteiger charge is 2.09. The van der Waals surface area contributed by atoms with E-state index in [-0.39, 0.29) is 12.3 Å². The first-order valence-corrected chi connectivity index (χ1v) is 5.45. The normalized spacial score (nSPS) is 9.32. The maximum absolute atomic E-state index is 11.8. The SMILES string of the molecule is O=C(Cn1ccnc1)c1ccccc1Cl.O=[N+]([O-])O. The van der Waals surface area contributed by atoms with E-state index in [1.165, 1.54) is 0 Å². The van der Waals surface area contributed by atoms with Gasteiger partial charge in [0.05, 0.1) is 17.9 Å². The number of aromatic nitrogens is 2. The van der Waals surface area contributed by atoms with Gasteiger partial charge in [-0.1, -0.05) is 23.7 Å². The molecule has 0 fully saturated rings. The number of halogens is 1. The van der Waals surface area contributed by atoms with E-state index in [2.05, 4.69) is 4.98 Å². The standard InChI is InChI=1S/C11H9ClN2O.HNO3/c12-10-4-2-1-3-9(10)11(15)7-14-6-5-13-8-14;2-1(3)4/h1-6,8H,7H2;(H,2,3,4). The number of ketones is 1. The van der Waals surface area contributed by atoms with E-state index in [1.54, 1.807) is 47.6 Å².